The van der Waals surface area contributed by atoms with Crippen LogP contribution >= 0.6 is 11.3 Å². The number of hydrogen-bond acceptors (Lipinski definition) is 6. The summed E-state index contributed by atoms with van der Waals surface area (Å²) in [6.07, 6.45) is 7.31. The van der Waals surface area contributed by atoms with Crippen LogP contribution in [0.1, 0.15) is 31.7 Å². The van der Waals surface area contributed by atoms with Crippen molar-refractivity contribution in [3.63, 3.8) is 0 Å². The van der Waals surface area contributed by atoms with Crippen molar-refractivity contribution in [2.75, 3.05) is 4.72 Å². The lowest BCUT2D eigenvalue weighted by atomic mass is 10.3. The highest BCUT2D eigenvalue weighted by Gasteiger charge is 2.28. The van der Waals surface area contributed by atoms with Gasteiger partial charge in [-0.2, -0.15) is 5.10 Å². The van der Waals surface area contributed by atoms with E-state index < -0.39 is 10.0 Å². The molecule has 0 unspecified atom stereocenters. The Bertz CT molecular complexity index is 908. The van der Waals surface area contributed by atoms with E-state index in [1.165, 1.54) is 23.7 Å². The first kappa shape index (κ1) is 15.4. The third-order valence-corrected chi connectivity index (χ3v) is 6.35. The molecule has 0 saturated heterocycles. The second-order valence-electron chi connectivity index (χ2n) is 5.73. The van der Waals surface area contributed by atoms with Crippen LogP contribution in [0.3, 0.4) is 0 Å². The maximum Gasteiger partial charge on any atom is 0.266 e. The van der Waals surface area contributed by atoms with Crippen molar-refractivity contribution in [2.24, 2.45) is 0 Å². The number of nitrogens with zero attached hydrogens (tertiary/aromatic N) is 3. The summed E-state index contributed by atoms with van der Waals surface area (Å²) in [6.45, 7) is 0. The van der Waals surface area contributed by atoms with Crippen LogP contribution in [0, 0.1) is 0 Å². The van der Waals surface area contributed by atoms with Crippen molar-refractivity contribution >= 4 is 27.2 Å². The molecule has 4 rings (SSSR count). The van der Waals surface area contributed by atoms with Gasteiger partial charge in [0.2, 0.25) is 0 Å². The molecule has 3 aromatic rings. The second kappa shape index (κ2) is 6.06. The van der Waals surface area contributed by atoms with Crippen molar-refractivity contribution in [2.45, 2.75) is 36.6 Å². The van der Waals surface area contributed by atoms with Gasteiger partial charge in [0.25, 0.3) is 10.0 Å². The molecule has 1 aliphatic carbocycles. The van der Waals surface area contributed by atoms with Crippen molar-refractivity contribution in [3.8, 4) is 10.6 Å². The third-order valence-electron chi connectivity index (χ3n) is 4.12. The van der Waals surface area contributed by atoms with E-state index in [9.17, 15) is 8.42 Å². The highest BCUT2D eigenvalue weighted by atomic mass is 32.2. The third kappa shape index (κ3) is 2.84. The minimum absolute atomic E-state index is 0.153. The van der Waals surface area contributed by atoms with E-state index in [1.807, 2.05) is 17.5 Å². The van der Waals surface area contributed by atoms with Gasteiger partial charge in [0.1, 0.15) is 16.9 Å². The predicted octanol–water partition coefficient (Wildman–Crippen LogP) is 3.52. The number of sulfonamides is 1. The zero-order chi connectivity index (χ0) is 16.6. The fourth-order valence-corrected chi connectivity index (χ4v) is 4.90. The number of rotatable bonds is 5. The van der Waals surface area contributed by atoms with Crippen LogP contribution in [0.2, 0.25) is 0 Å². The van der Waals surface area contributed by atoms with Gasteiger partial charge in [-0.3, -0.25) is 9.40 Å². The van der Waals surface area contributed by atoms with Crippen LogP contribution in [-0.4, -0.2) is 23.4 Å². The number of nitrogens with one attached hydrogen (secondary N) is 1. The summed E-state index contributed by atoms with van der Waals surface area (Å²) < 4.78 is 34.5. The van der Waals surface area contributed by atoms with E-state index in [1.54, 1.807) is 10.9 Å². The van der Waals surface area contributed by atoms with Crippen molar-refractivity contribution in [1.82, 2.24) is 14.9 Å². The number of hydrogen-bond donors (Lipinski definition) is 1. The minimum Gasteiger partial charge on any atom is -0.363 e. The molecule has 0 bridgehead atoms. The fraction of sp³-hybridized carbons (Fsp3) is 0.333. The molecular formula is C15H16N4O3S2. The Kier molecular flexibility index (Phi) is 3.89. The molecular weight excluding hydrogens is 348 g/mol. The highest BCUT2D eigenvalue weighted by molar-refractivity contribution is 7.92. The molecule has 3 heterocycles. The molecule has 0 aliphatic heterocycles. The van der Waals surface area contributed by atoms with E-state index in [-0.39, 0.29) is 16.8 Å². The molecule has 1 N–H and O–H groups in total. The molecule has 1 fully saturated rings. The minimum atomic E-state index is -3.80. The Balaban J connectivity index is 1.77. The van der Waals surface area contributed by atoms with E-state index in [2.05, 4.69) is 19.5 Å². The zero-order valence-electron chi connectivity index (χ0n) is 12.8. The van der Waals surface area contributed by atoms with Crippen molar-refractivity contribution in [1.29, 1.82) is 0 Å². The van der Waals surface area contributed by atoms with Gasteiger partial charge in [-0.15, -0.1) is 11.3 Å². The van der Waals surface area contributed by atoms with E-state index in [0.29, 0.717) is 5.69 Å². The van der Waals surface area contributed by atoms with Crippen molar-refractivity contribution in [3.05, 3.63) is 36.0 Å². The number of aromatic nitrogens is 3. The molecule has 0 aromatic carbocycles. The average molecular weight is 364 g/mol. The SMILES string of the molecule is O=S(=O)(Nc1ccon1)c1cn(C2CCCC2)nc1-c1cccs1. The van der Waals surface area contributed by atoms with Crippen LogP contribution in [-0.2, 0) is 10.0 Å². The molecule has 1 aliphatic rings. The second-order valence-corrected chi connectivity index (χ2v) is 8.33. The highest BCUT2D eigenvalue weighted by Crippen LogP contribution is 2.35. The van der Waals surface area contributed by atoms with Crippen LogP contribution in [0.25, 0.3) is 10.6 Å². The number of thiophene rings is 1. The smallest absolute Gasteiger partial charge is 0.266 e. The van der Waals surface area contributed by atoms with Crippen LogP contribution in [0.5, 0.6) is 0 Å². The van der Waals surface area contributed by atoms with Gasteiger partial charge >= 0.3 is 0 Å². The topological polar surface area (TPSA) is 90.0 Å². The molecule has 1 saturated carbocycles. The lowest BCUT2D eigenvalue weighted by molar-refractivity contribution is 0.423. The molecule has 24 heavy (non-hydrogen) atoms. The van der Waals surface area contributed by atoms with Gasteiger partial charge in [0, 0.05) is 12.3 Å². The lowest BCUT2D eigenvalue weighted by Crippen LogP contribution is -2.13. The monoisotopic (exact) mass is 364 g/mol. The van der Waals surface area contributed by atoms with E-state index >= 15 is 0 Å². The first-order valence-corrected chi connectivity index (χ1v) is 10.1. The summed E-state index contributed by atoms with van der Waals surface area (Å²) in [6, 6.07) is 5.49. The Labute approximate surface area is 143 Å². The van der Waals surface area contributed by atoms with Crippen LogP contribution in [0.4, 0.5) is 5.82 Å². The predicted molar refractivity (Wildman–Crippen MR) is 90.4 cm³/mol. The first-order chi connectivity index (χ1) is 11.6. The molecule has 9 heteroatoms. The van der Waals surface area contributed by atoms with E-state index in [4.69, 9.17) is 0 Å². The molecule has 126 valence electrons. The molecule has 7 nitrogen and oxygen atoms in total. The summed E-state index contributed by atoms with van der Waals surface area (Å²) in [7, 11) is -3.80. The fourth-order valence-electron chi connectivity index (χ4n) is 2.97. The van der Waals surface area contributed by atoms with Gasteiger partial charge in [0.05, 0.1) is 10.9 Å². The zero-order valence-corrected chi connectivity index (χ0v) is 14.4. The Hall–Kier alpha value is -2.13. The molecule has 3 aromatic heterocycles. The van der Waals surface area contributed by atoms with Crippen LogP contribution in [0.15, 0.2) is 45.5 Å². The van der Waals surface area contributed by atoms with Gasteiger partial charge in [-0.1, -0.05) is 24.1 Å². The summed E-state index contributed by atoms with van der Waals surface area (Å²) in [4.78, 5) is 0.993. The largest absolute Gasteiger partial charge is 0.363 e. The maximum atomic E-state index is 12.8. The summed E-state index contributed by atoms with van der Waals surface area (Å²) in [5, 5.41) is 10.1. The molecule has 0 spiro atoms. The quantitative estimate of drug-likeness (QED) is 0.748. The Morgan fingerprint density at radius 2 is 2.12 bits per heavy atom. The lowest BCUT2D eigenvalue weighted by Gasteiger charge is -2.08. The average Bonchev–Trinajstić information content (AvgIpc) is 3.31. The summed E-state index contributed by atoms with van der Waals surface area (Å²) in [5.41, 5.74) is 0.480. The Morgan fingerprint density at radius 3 is 2.79 bits per heavy atom. The molecule has 0 amide bonds. The van der Waals surface area contributed by atoms with Gasteiger partial charge in [-0.05, 0) is 24.3 Å². The first-order valence-electron chi connectivity index (χ1n) is 7.70. The standard InChI is InChI=1S/C15H16N4O3S2/c20-24(21,18-14-7-8-22-17-14)13-10-19(11-4-1-2-5-11)16-15(13)12-6-3-9-23-12/h3,6-11H,1-2,4-5H2,(H,17,18). The summed E-state index contributed by atoms with van der Waals surface area (Å²) in [5.74, 6) is 0.153. The maximum absolute atomic E-state index is 12.8. The van der Waals surface area contributed by atoms with Crippen molar-refractivity contribution < 1.29 is 12.9 Å². The van der Waals surface area contributed by atoms with Crippen LogP contribution < -0.4 is 4.72 Å². The summed E-state index contributed by atoms with van der Waals surface area (Å²) >= 11 is 1.47. The van der Waals surface area contributed by atoms with E-state index in [0.717, 1.165) is 30.6 Å². The normalized spacial score (nSPS) is 15.8. The van der Waals surface area contributed by atoms with Gasteiger partial charge in [0.15, 0.2) is 5.82 Å². The molecule has 0 radical (unpaired) electrons. The van der Waals surface area contributed by atoms with Gasteiger partial charge in [-0.25, -0.2) is 8.42 Å². The molecule has 0 atom stereocenters. The number of anilines is 1. The van der Waals surface area contributed by atoms with Gasteiger partial charge < -0.3 is 4.52 Å². The Morgan fingerprint density at radius 1 is 1.29 bits per heavy atom.